The van der Waals surface area contributed by atoms with Crippen molar-refractivity contribution in [3.63, 3.8) is 0 Å². The maximum atomic E-state index is 14.8. The zero-order valence-electron chi connectivity index (χ0n) is 18.2. The highest BCUT2D eigenvalue weighted by Crippen LogP contribution is 2.32. The van der Waals surface area contributed by atoms with Gasteiger partial charge in [-0.2, -0.15) is 5.10 Å². The summed E-state index contributed by atoms with van der Waals surface area (Å²) in [6.45, 7) is 1.73. The third-order valence-electron chi connectivity index (χ3n) is 5.36. The fourth-order valence-electron chi connectivity index (χ4n) is 3.76. The van der Waals surface area contributed by atoms with Crippen LogP contribution in [-0.4, -0.2) is 31.4 Å². The second-order valence-corrected chi connectivity index (χ2v) is 7.58. The number of fused-ring (bicyclic) bond motifs is 1. The number of ether oxygens (including phenoxy) is 1. The Balaban J connectivity index is 1.55. The molecule has 0 aliphatic heterocycles. The van der Waals surface area contributed by atoms with Gasteiger partial charge in [0.2, 0.25) is 0 Å². The third kappa shape index (κ3) is 3.78. The summed E-state index contributed by atoms with van der Waals surface area (Å²) in [5.74, 6) is 0.972. The van der Waals surface area contributed by atoms with Crippen molar-refractivity contribution in [2.75, 3.05) is 12.4 Å². The molecular weight excluding hydrogens is 426 g/mol. The molecule has 5 rings (SSSR count). The van der Waals surface area contributed by atoms with E-state index < -0.39 is 11.6 Å². The predicted octanol–water partition coefficient (Wildman–Crippen LogP) is 5.16. The predicted molar refractivity (Wildman–Crippen MR) is 122 cm³/mol. The van der Waals surface area contributed by atoms with E-state index in [1.807, 2.05) is 35.9 Å². The van der Waals surface area contributed by atoms with Gasteiger partial charge in [-0.05, 0) is 49.4 Å². The van der Waals surface area contributed by atoms with E-state index in [-0.39, 0.29) is 5.69 Å². The van der Waals surface area contributed by atoms with Crippen molar-refractivity contribution >= 4 is 22.4 Å². The fourth-order valence-corrected chi connectivity index (χ4v) is 3.76. The number of rotatable bonds is 5. The Morgan fingerprint density at radius 3 is 2.61 bits per heavy atom. The number of methoxy groups -OCH3 is 1. The number of aromatic nitrogens is 5. The van der Waals surface area contributed by atoms with E-state index in [2.05, 4.69) is 15.4 Å². The second-order valence-electron chi connectivity index (χ2n) is 7.58. The molecule has 0 bridgehead atoms. The van der Waals surface area contributed by atoms with Crippen LogP contribution in [0.1, 0.15) is 5.82 Å². The number of benzene rings is 3. The Kier molecular flexibility index (Phi) is 5.01. The molecule has 2 aromatic heterocycles. The number of halogens is 2. The van der Waals surface area contributed by atoms with Gasteiger partial charge in [0.25, 0.3) is 0 Å². The highest BCUT2D eigenvalue weighted by Gasteiger charge is 2.16. The molecule has 0 aliphatic carbocycles. The minimum absolute atomic E-state index is 0.267. The van der Waals surface area contributed by atoms with E-state index in [0.717, 1.165) is 5.56 Å². The van der Waals surface area contributed by atoms with Gasteiger partial charge in [-0.15, -0.1) is 0 Å². The molecule has 33 heavy (non-hydrogen) atoms. The van der Waals surface area contributed by atoms with Gasteiger partial charge in [0.15, 0.2) is 5.82 Å². The molecule has 7 nitrogen and oxygen atoms in total. The molecule has 0 saturated carbocycles. The van der Waals surface area contributed by atoms with Gasteiger partial charge >= 0.3 is 0 Å². The number of hydrogen-bond acceptors (Lipinski definition) is 5. The average molecular weight is 446 g/mol. The van der Waals surface area contributed by atoms with Crippen LogP contribution in [0.2, 0.25) is 0 Å². The van der Waals surface area contributed by atoms with Gasteiger partial charge in [0.05, 0.1) is 18.3 Å². The summed E-state index contributed by atoms with van der Waals surface area (Å²) in [6.07, 6.45) is 1.45. The molecule has 2 heterocycles. The van der Waals surface area contributed by atoms with Crippen molar-refractivity contribution in [3.8, 4) is 22.8 Å². The summed E-state index contributed by atoms with van der Waals surface area (Å²) >= 11 is 0. The van der Waals surface area contributed by atoms with Gasteiger partial charge < -0.3 is 14.6 Å². The molecule has 0 aliphatic rings. The van der Waals surface area contributed by atoms with E-state index in [1.165, 1.54) is 29.2 Å². The van der Waals surface area contributed by atoms with Gasteiger partial charge in [0.1, 0.15) is 40.7 Å². The van der Waals surface area contributed by atoms with E-state index in [0.29, 0.717) is 39.8 Å². The largest absolute Gasteiger partial charge is 0.497 e. The van der Waals surface area contributed by atoms with Crippen LogP contribution >= 0.6 is 0 Å². The quantitative estimate of drug-likeness (QED) is 0.404. The lowest BCUT2D eigenvalue weighted by Crippen LogP contribution is -2.00. The molecule has 166 valence electrons. The first-order valence-corrected chi connectivity index (χ1v) is 10.2. The maximum Gasteiger partial charge on any atom is 0.150 e. The van der Waals surface area contributed by atoms with Crippen molar-refractivity contribution in [2.24, 2.45) is 7.05 Å². The van der Waals surface area contributed by atoms with Crippen LogP contribution in [0.25, 0.3) is 28.1 Å². The van der Waals surface area contributed by atoms with Crippen LogP contribution in [-0.2, 0) is 7.05 Å². The van der Waals surface area contributed by atoms with Crippen molar-refractivity contribution in [3.05, 3.63) is 78.4 Å². The Morgan fingerprint density at radius 1 is 1.03 bits per heavy atom. The summed E-state index contributed by atoms with van der Waals surface area (Å²) < 4.78 is 37.7. The average Bonchev–Trinajstić information content (AvgIpc) is 3.37. The number of nitrogens with one attached hydrogen (secondary N) is 1. The van der Waals surface area contributed by atoms with Gasteiger partial charge in [-0.1, -0.05) is 12.1 Å². The van der Waals surface area contributed by atoms with Crippen molar-refractivity contribution in [2.45, 2.75) is 6.92 Å². The van der Waals surface area contributed by atoms with E-state index in [1.54, 1.807) is 26.2 Å². The van der Waals surface area contributed by atoms with Crippen molar-refractivity contribution in [1.82, 2.24) is 24.3 Å². The summed E-state index contributed by atoms with van der Waals surface area (Å²) in [6, 6.07) is 14.9. The normalized spacial score (nSPS) is 11.2. The van der Waals surface area contributed by atoms with Crippen molar-refractivity contribution in [1.29, 1.82) is 0 Å². The van der Waals surface area contributed by atoms with Crippen LogP contribution < -0.4 is 10.1 Å². The van der Waals surface area contributed by atoms with Gasteiger partial charge in [-0.25, -0.2) is 23.4 Å². The lowest BCUT2D eigenvalue weighted by atomic mass is 10.2. The fraction of sp³-hybridized carbons (Fsp3) is 0.125. The van der Waals surface area contributed by atoms with E-state index >= 15 is 0 Å². The minimum Gasteiger partial charge on any atom is -0.497 e. The number of imidazole rings is 1. The summed E-state index contributed by atoms with van der Waals surface area (Å²) in [5.41, 5.74) is 3.15. The monoisotopic (exact) mass is 446 g/mol. The summed E-state index contributed by atoms with van der Waals surface area (Å²) in [4.78, 5) is 8.77. The molecule has 0 saturated heterocycles. The highest BCUT2D eigenvalue weighted by atomic mass is 19.1. The van der Waals surface area contributed by atoms with E-state index in [4.69, 9.17) is 9.72 Å². The summed E-state index contributed by atoms with van der Waals surface area (Å²) in [7, 11) is 3.42. The van der Waals surface area contributed by atoms with Crippen molar-refractivity contribution < 1.29 is 13.5 Å². The first-order chi connectivity index (χ1) is 15.9. The van der Waals surface area contributed by atoms with Crippen LogP contribution in [0.5, 0.6) is 5.75 Å². The van der Waals surface area contributed by atoms with Crippen LogP contribution in [0, 0.1) is 18.6 Å². The SMILES string of the molecule is COc1cccc(-c2nc3c(Nc4ccc(-n5cnc(C)n5)c(F)c4)cc(F)cc3n2C)c1. The van der Waals surface area contributed by atoms with Crippen LogP contribution in [0.15, 0.2) is 60.9 Å². The highest BCUT2D eigenvalue weighted by molar-refractivity contribution is 5.93. The van der Waals surface area contributed by atoms with Gasteiger partial charge in [0, 0.05) is 18.3 Å². The number of aryl methyl sites for hydroxylation is 2. The zero-order valence-corrected chi connectivity index (χ0v) is 18.2. The molecule has 5 aromatic rings. The standard InChI is InChI=1S/C24H20F2N6O/c1-14-27-13-32(30-14)21-8-7-17(12-19(21)26)28-20-10-16(25)11-22-23(20)29-24(31(22)2)15-5-4-6-18(9-15)33-3/h4-13,28H,1-3H3. The second kappa shape index (κ2) is 8.01. The molecule has 0 atom stereocenters. The first-order valence-electron chi connectivity index (χ1n) is 10.2. The smallest absolute Gasteiger partial charge is 0.150 e. The molecule has 0 fully saturated rings. The zero-order chi connectivity index (χ0) is 23.1. The van der Waals surface area contributed by atoms with Gasteiger partial charge in [-0.3, -0.25) is 0 Å². The molecule has 0 unspecified atom stereocenters. The number of nitrogens with zero attached hydrogens (tertiary/aromatic N) is 5. The number of hydrogen-bond donors (Lipinski definition) is 1. The maximum absolute atomic E-state index is 14.8. The lowest BCUT2D eigenvalue weighted by molar-refractivity contribution is 0.415. The topological polar surface area (TPSA) is 69.8 Å². The molecule has 0 amide bonds. The Morgan fingerprint density at radius 2 is 1.88 bits per heavy atom. The first kappa shape index (κ1) is 20.6. The number of anilines is 2. The Hall–Kier alpha value is -4.27. The van der Waals surface area contributed by atoms with Crippen LogP contribution in [0.4, 0.5) is 20.2 Å². The van der Waals surface area contributed by atoms with E-state index in [9.17, 15) is 8.78 Å². The van der Waals surface area contributed by atoms with Crippen LogP contribution in [0.3, 0.4) is 0 Å². The molecular formula is C24H20F2N6O. The Labute approximate surface area is 188 Å². The molecule has 1 N–H and O–H groups in total. The Bertz CT molecular complexity index is 1490. The lowest BCUT2D eigenvalue weighted by Gasteiger charge is -2.10. The third-order valence-corrected chi connectivity index (χ3v) is 5.36. The molecule has 3 aromatic carbocycles. The molecule has 9 heteroatoms. The molecule has 0 spiro atoms. The summed E-state index contributed by atoms with van der Waals surface area (Å²) in [5, 5.41) is 7.24. The molecule has 0 radical (unpaired) electrons. The minimum atomic E-state index is -0.490.